The van der Waals surface area contributed by atoms with Gasteiger partial charge in [0.05, 0.1) is 29.2 Å². The monoisotopic (exact) mass is 428 g/mol. The molecule has 0 bridgehead atoms. The SMILES string of the molecule is C=CCOc1ccc(C2C(C(=O)OCC(C)C)=C(C)N=C3SC(CC)C(=O)N32)cc1. The molecule has 2 heterocycles. The van der Waals surface area contributed by atoms with Crippen molar-refractivity contribution in [3.63, 3.8) is 0 Å². The van der Waals surface area contributed by atoms with Crippen molar-refractivity contribution in [3.8, 4) is 5.75 Å². The Kier molecular flexibility index (Phi) is 7.02. The maximum Gasteiger partial charge on any atom is 0.338 e. The van der Waals surface area contributed by atoms with Crippen LogP contribution in [-0.4, -0.2) is 40.4 Å². The number of carbonyl (C=O) groups is 2. The third-order valence-electron chi connectivity index (χ3n) is 4.85. The Labute approximate surface area is 182 Å². The Balaban J connectivity index is 2.01. The van der Waals surface area contributed by atoms with Crippen molar-refractivity contribution in [3.05, 3.63) is 53.8 Å². The number of hydrogen-bond donors (Lipinski definition) is 0. The second-order valence-corrected chi connectivity index (χ2v) is 8.85. The van der Waals surface area contributed by atoms with Gasteiger partial charge in [-0.2, -0.15) is 0 Å². The van der Waals surface area contributed by atoms with E-state index in [1.54, 1.807) is 17.9 Å². The molecular weight excluding hydrogens is 400 g/mol. The van der Waals surface area contributed by atoms with E-state index in [1.165, 1.54) is 11.8 Å². The summed E-state index contributed by atoms with van der Waals surface area (Å²) in [6.07, 6.45) is 2.38. The van der Waals surface area contributed by atoms with Gasteiger partial charge in [-0.3, -0.25) is 9.69 Å². The third kappa shape index (κ3) is 4.46. The zero-order valence-corrected chi connectivity index (χ0v) is 18.7. The Morgan fingerprint density at radius 2 is 2.03 bits per heavy atom. The molecule has 0 saturated carbocycles. The van der Waals surface area contributed by atoms with Gasteiger partial charge in [-0.15, -0.1) is 0 Å². The van der Waals surface area contributed by atoms with Gasteiger partial charge in [-0.25, -0.2) is 9.79 Å². The molecule has 0 aromatic heterocycles. The summed E-state index contributed by atoms with van der Waals surface area (Å²) < 4.78 is 11.1. The lowest BCUT2D eigenvalue weighted by Crippen LogP contribution is -2.40. The van der Waals surface area contributed by atoms with Crippen molar-refractivity contribution in [1.29, 1.82) is 0 Å². The molecule has 1 fully saturated rings. The number of ether oxygens (including phenoxy) is 2. The number of carbonyl (C=O) groups excluding carboxylic acids is 2. The molecule has 1 aromatic rings. The first kappa shape index (κ1) is 22.2. The summed E-state index contributed by atoms with van der Waals surface area (Å²) in [5, 5.41) is 0.446. The van der Waals surface area contributed by atoms with Crippen LogP contribution in [0.15, 0.2) is 53.2 Å². The highest BCUT2D eigenvalue weighted by atomic mass is 32.2. The standard InChI is InChI=1S/C23H28N2O4S/c1-6-12-28-17-10-8-16(9-11-17)20-19(22(27)29-13-14(3)4)15(5)24-23-25(20)21(26)18(7-2)30-23/h6,8-11,14,18,20H,1,7,12-13H2,2-5H3. The molecule has 6 nitrogen and oxygen atoms in total. The molecule has 3 rings (SSSR count). The van der Waals surface area contributed by atoms with Crippen LogP contribution in [0.1, 0.15) is 45.7 Å². The van der Waals surface area contributed by atoms with Gasteiger partial charge in [-0.1, -0.05) is 57.3 Å². The van der Waals surface area contributed by atoms with Crippen LogP contribution in [0.2, 0.25) is 0 Å². The summed E-state index contributed by atoms with van der Waals surface area (Å²) in [7, 11) is 0. The molecule has 30 heavy (non-hydrogen) atoms. The van der Waals surface area contributed by atoms with Crippen LogP contribution in [-0.2, 0) is 14.3 Å². The van der Waals surface area contributed by atoms with Crippen LogP contribution >= 0.6 is 11.8 Å². The minimum atomic E-state index is -0.567. The number of amides is 1. The van der Waals surface area contributed by atoms with Gasteiger partial charge in [0.15, 0.2) is 5.17 Å². The zero-order valence-electron chi connectivity index (χ0n) is 17.9. The molecule has 160 valence electrons. The van der Waals surface area contributed by atoms with E-state index < -0.39 is 12.0 Å². The Morgan fingerprint density at radius 1 is 1.33 bits per heavy atom. The number of amidine groups is 1. The molecule has 2 aliphatic rings. The first-order valence-electron chi connectivity index (χ1n) is 10.2. The minimum absolute atomic E-state index is 0.0279. The third-order valence-corrected chi connectivity index (χ3v) is 6.17. The lowest BCUT2D eigenvalue weighted by Gasteiger charge is -2.33. The fourth-order valence-corrected chi connectivity index (χ4v) is 4.52. The van der Waals surface area contributed by atoms with Gasteiger partial charge in [0.2, 0.25) is 5.91 Å². The molecule has 1 aromatic carbocycles. The maximum absolute atomic E-state index is 13.1. The number of rotatable bonds is 8. The zero-order chi connectivity index (χ0) is 21.8. The summed E-state index contributed by atoms with van der Waals surface area (Å²) >= 11 is 1.46. The van der Waals surface area contributed by atoms with Crippen LogP contribution in [0.4, 0.5) is 0 Å². The fraction of sp³-hybridized carbons (Fsp3) is 0.435. The lowest BCUT2D eigenvalue weighted by atomic mass is 9.94. The van der Waals surface area contributed by atoms with E-state index in [4.69, 9.17) is 9.47 Å². The van der Waals surface area contributed by atoms with E-state index in [2.05, 4.69) is 11.6 Å². The van der Waals surface area contributed by atoms with Crippen molar-refractivity contribution < 1.29 is 19.1 Å². The van der Waals surface area contributed by atoms with Crippen molar-refractivity contribution >= 4 is 28.8 Å². The number of aliphatic imine (C=N–C) groups is 1. The van der Waals surface area contributed by atoms with Gasteiger partial charge in [-0.05, 0) is 37.0 Å². The van der Waals surface area contributed by atoms with Crippen LogP contribution < -0.4 is 4.74 Å². The van der Waals surface area contributed by atoms with Crippen LogP contribution in [0, 0.1) is 5.92 Å². The highest BCUT2D eigenvalue weighted by Gasteiger charge is 2.47. The van der Waals surface area contributed by atoms with E-state index in [1.807, 2.05) is 45.0 Å². The molecule has 2 aliphatic heterocycles. The van der Waals surface area contributed by atoms with Gasteiger partial charge in [0.25, 0.3) is 0 Å². The first-order chi connectivity index (χ1) is 14.4. The molecule has 7 heteroatoms. The number of thioether (sulfide) groups is 1. The van der Waals surface area contributed by atoms with E-state index in [0.29, 0.717) is 41.8 Å². The number of fused-ring (bicyclic) bond motifs is 1. The molecule has 2 atom stereocenters. The van der Waals surface area contributed by atoms with Crippen molar-refractivity contribution in [2.24, 2.45) is 10.9 Å². The van der Waals surface area contributed by atoms with Crippen LogP contribution in [0.25, 0.3) is 0 Å². The smallest absolute Gasteiger partial charge is 0.338 e. The Bertz CT molecular complexity index is 889. The van der Waals surface area contributed by atoms with Crippen molar-refractivity contribution in [2.75, 3.05) is 13.2 Å². The fourth-order valence-electron chi connectivity index (χ4n) is 3.39. The predicted octanol–water partition coefficient (Wildman–Crippen LogP) is 4.49. The topological polar surface area (TPSA) is 68.2 Å². The molecule has 0 radical (unpaired) electrons. The highest BCUT2D eigenvalue weighted by Crippen LogP contribution is 2.44. The highest BCUT2D eigenvalue weighted by molar-refractivity contribution is 8.15. The summed E-state index contributed by atoms with van der Waals surface area (Å²) in [6, 6.07) is 6.86. The quantitative estimate of drug-likeness (QED) is 0.451. The van der Waals surface area contributed by atoms with E-state index in [0.717, 1.165) is 5.56 Å². The number of benzene rings is 1. The van der Waals surface area contributed by atoms with Gasteiger partial charge >= 0.3 is 5.97 Å². The second-order valence-electron chi connectivity index (χ2n) is 7.68. The summed E-state index contributed by atoms with van der Waals surface area (Å²) in [5.74, 6) is 0.450. The maximum atomic E-state index is 13.1. The molecule has 0 N–H and O–H groups in total. The minimum Gasteiger partial charge on any atom is -0.490 e. The lowest BCUT2D eigenvalue weighted by molar-refractivity contribution is -0.141. The number of hydrogen-bond acceptors (Lipinski definition) is 6. The first-order valence-corrected chi connectivity index (χ1v) is 11.0. The predicted molar refractivity (Wildman–Crippen MR) is 119 cm³/mol. The van der Waals surface area contributed by atoms with Crippen molar-refractivity contribution in [2.45, 2.75) is 45.4 Å². The second kappa shape index (κ2) is 9.51. The number of nitrogens with zero attached hydrogens (tertiary/aromatic N) is 2. The van der Waals surface area contributed by atoms with Crippen LogP contribution in [0.3, 0.4) is 0 Å². The largest absolute Gasteiger partial charge is 0.490 e. The normalized spacial score (nSPS) is 20.9. The van der Waals surface area contributed by atoms with E-state index in [9.17, 15) is 9.59 Å². The van der Waals surface area contributed by atoms with Gasteiger partial charge in [0, 0.05) is 0 Å². The molecule has 1 saturated heterocycles. The molecule has 1 amide bonds. The summed E-state index contributed by atoms with van der Waals surface area (Å²) in [5.41, 5.74) is 1.81. The van der Waals surface area contributed by atoms with Crippen molar-refractivity contribution in [1.82, 2.24) is 4.90 Å². The van der Waals surface area contributed by atoms with Gasteiger partial charge in [0.1, 0.15) is 12.4 Å². The van der Waals surface area contributed by atoms with E-state index in [-0.39, 0.29) is 17.1 Å². The molecule has 0 aliphatic carbocycles. The van der Waals surface area contributed by atoms with Gasteiger partial charge < -0.3 is 9.47 Å². The molecule has 2 unspecified atom stereocenters. The van der Waals surface area contributed by atoms with E-state index >= 15 is 0 Å². The number of esters is 1. The molecule has 0 spiro atoms. The molecular formula is C23H28N2O4S. The summed E-state index contributed by atoms with van der Waals surface area (Å²) in [6.45, 7) is 12.1. The average molecular weight is 429 g/mol. The average Bonchev–Trinajstić information content (AvgIpc) is 3.05. The van der Waals surface area contributed by atoms with Crippen LogP contribution in [0.5, 0.6) is 5.75 Å². The summed E-state index contributed by atoms with van der Waals surface area (Å²) in [4.78, 5) is 32.4. The Hall–Kier alpha value is -2.54. The number of allylic oxidation sites excluding steroid dienone is 1. The Morgan fingerprint density at radius 3 is 2.63 bits per heavy atom.